The summed E-state index contributed by atoms with van der Waals surface area (Å²) in [5.74, 6) is 0.391. The summed E-state index contributed by atoms with van der Waals surface area (Å²) in [6.45, 7) is 0. The zero-order chi connectivity index (χ0) is 20.8. The highest BCUT2D eigenvalue weighted by atomic mass is 33.1. The van der Waals surface area contributed by atoms with E-state index < -0.39 is 11.6 Å². The second-order valence-electron chi connectivity index (χ2n) is 6.13. The molecule has 6 heteroatoms. The second-order valence-corrected chi connectivity index (χ2v) is 8.34. The van der Waals surface area contributed by atoms with E-state index >= 15 is 0 Å². The third-order valence-corrected chi connectivity index (χ3v) is 6.42. The highest BCUT2D eigenvalue weighted by molar-refractivity contribution is 8.76. The molecular weight excluding hydrogens is 422 g/mol. The highest BCUT2D eigenvalue weighted by Crippen LogP contribution is 2.47. The fourth-order valence-electron chi connectivity index (χ4n) is 2.61. The summed E-state index contributed by atoms with van der Waals surface area (Å²) >= 11 is 0. The molecule has 4 aromatic rings. The topological polar surface area (TPSA) is 18.5 Å². The van der Waals surface area contributed by atoms with Gasteiger partial charge in [-0.15, -0.1) is 0 Å². The summed E-state index contributed by atoms with van der Waals surface area (Å²) in [5.41, 5.74) is 0. The van der Waals surface area contributed by atoms with E-state index in [0.29, 0.717) is 21.3 Å². The van der Waals surface area contributed by atoms with Crippen molar-refractivity contribution in [1.29, 1.82) is 0 Å². The summed E-state index contributed by atoms with van der Waals surface area (Å²) in [6, 6.07) is 27.5. The summed E-state index contributed by atoms with van der Waals surface area (Å²) in [4.78, 5) is 1.16. The first kappa shape index (κ1) is 20.3. The molecule has 0 bridgehead atoms. The van der Waals surface area contributed by atoms with E-state index in [1.54, 1.807) is 48.5 Å². The Balaban J connectivity index is 1.57. The van der Waals surface area contributed by atoms with E-state index in [1.165, 1.54) is 33.7 Å². The van der Waals surface area contributed by atoms with Crippen LogP contribution < -0.4 is 9.47 Å². The number of benzene rings is 4. The summed E-state index contributed by atoms with van der Waals surface area (Å²) in [6.07, 6.45) is 0. The molecule has 4 aromatic carbocycles. The minimum Gasteiger partial charge on any atom is -0.453 e. The predicted octanol–water partition coefficient (Wildman–Crippen LogP) is 8.35. The second kappa shape index (κ2) is 9.69. The lowest BCUT2D eigenvalue weighted by Gasteiger charge is -2.13. The van der Waals surface area contributed by atoms with E-state index in [1.807, 2.05) is 36.4 Å². The molecule has 4 rings (SSSR count). The molecule has 0 saturated heterocycles. The van der Waals surface area contributed by atoms with Gasteiger partial charge in [-0.3, -0.25) is 0 Å². The Kier molecular flexibility index (Phi) is 6.57. The number of hydrogen-bond donors (Lipinski definition) is 0. The monoisotopic (exact) mass is 438 g/mol. The number of para-hydroxylation sites is 4. The summed E-state index contributed by atoms with van der Waals surface area (Å²) < 4.78 is 40.4. The zero-order valence-electron chi connectivity index (χ0n) is 15.6. The van der Waals surface area contributed by atoms with Crippen molar-refractivity contribution in [2.75, 3.05) is 0 Å². The molecule has 0 aromatic heterocycles. The van der Waals surface area contributed by atoms with Gasteiger partial charge in [-0.2, -0.15) is 0 Å². The first-order valence-corrected chi connectivity index (χ1v) is 11.2. The van der Waals surface area contributed by atoms with Gasteiger partial charge in [0.2, 0.25) is 0 Å². The first-order chi connectivity index (χ1) is 14.7. The van der Waals surface area contributed by atoms with Crippen LogP contribution in [0.5, 0.6) is 23.0 Å². The Labute approximate surface area is 181 Å². The molecule has 0 heterocycles. The molecule has 150 valence electrons. The van der Waals surface area contributed by atoms with E-state index in [2.05, 4.69) is 0 Å². The molecule has 0 N–H and O–H groups in total. The smallest absolute Gasteiger partial charge is 0.177 e. The van der Waals surface area contributed by atoms with Gasteiger partial charge in [0, 0.05) is 0 Å². The maximum absolute atomic E-state index is 14.5. The lowest BCUT2D eigenvalue weighted by Crippen LogP contribution is -1.91. The third kappa shape index (κ3) is 4.96. The van der Waals surface area contributed by atoms with Gasteiger partial charge in [0.15, 0.2) is 23.1 Å². The van der Waals surface area contributed by atoms with Crippen molar-refractivity contribution < 1.29 is 18.3 Å². The van der Waals surface area contributed by atoms with Gasteiger partial charge >= 0.3 is 0 Å². The fourth-order valence-corrected chi connectivity index (χ4v) is 4.81. The Hall–Kier alpha value is -2.96. The predicted molar refractivity (Wildman–Crippen MR) is 118 cm³/mol. The largest absolute Gasteiger partial charge is 0.453 e. The minimum absolute atomic E-state index is 0.128. The van der Waals surface area contributed by atoms with Gasteiger partial charge < -0.3 is 9.47 Å². The number of rotatable bonds is 7. The molecule has 0 aliphatic carbocycles. The van der Waals surface area contributed by atoms with Crippen molar-refractivity contribution in [3.05, 3.63) is 109 Å². The van der Waals surface area contributed by atoms with Gasteiger partial charge in [0.05, 0.1) is 9.79 Å². The average Bonchev–Trinajstić information content (AvgIpc) is 2.77. The van der Waals surface area contributed by atoms with Crippen LogP contribution in [0.3, 0.4) is 0 Å². The van der Waals surface area contributed by atoms with Gasteiger partial charge in [-0.1, -0.05) is 48.5 Å². The lowest BCUT2D eigenvalue weighted by atomic mass is 10.3. The summed E-state index contributed by atoms with van der Waals surface area (Å²) in [7, 11) is 2.54. The first-order valence-electron chi connectivity index (χ1n) is 9.08. The molecule has 0 aliphatic heterocycles. The Morgan fingerprint density at radius 3 is 1.27 bits per heavy atom. The highest BCUT2D eigenvalue weighted by Gasteiger charge is 2.16. The third-order valence-electron chi connectivity index (χ3n) is 4.01. The standard InChI is InChI=1S/C24H16F2O2S2/c25-19-13-7-15-21(23(19)27-17-9-3-1-4-10-17)29-30-22-16-8-14-20(26)24(22)28-18-11-5-2-6-12-18/h1-16H. The normalized spacial score (nSPS) is 10.6. The fraction of sp³-hybridized carbons (Fsp3) is 0. The molecule has 0 atom stereocenters. The molecule has 30 heavy (non-hydrogen) atoms. The molecule has 0 radical (unpaired) electrons. The van der Waals surface area contributed by atoms with Gasteiger partial charge in [-0.05, 0) is 70.1 Å². The van der Waals surface area contributed by atoms with Gasteiger partial charge in [0.1, 0.15) is 11.5 Å². The molecule has 0 saturated carbocycles. The van der Waals surface area contributed by atoms with E-state index in [9.17, 15) is 8.78 Å². The van der Waals surface area contributed by atoms with Crippen LogP contribution in [-0.4, -0.2) is 0 Å². The maximum atomic E-state index is 14.5. The lowest BCUT2D eigenvalue weighted by molar-refractivity contribution is 0.430. The Morgan fingerprint density at radius 1 is 0.467 bits per heavy atom. The number of ether oxygens (including phenoxy) is 2. The van der Waals surface area contributed by atoms with Crippen molar-refractivity contribution in [3.8, 4) is 23.0 Å². The van der Waals surface area contributed by atoms with E-state index in [4.69, 9.17) is 9.47 Å². The number of halogens is 2. The van der Waals surface area contributed by atoms with Crippen LogP contribution in [0.4, 0.5) is 8.78 Å². The van der Waals surface area contributed by atoms with Crippen LogP contribution in [0.15, 0.2) is 107 Å². The summed E-state index contributed by atoms with van der Waals surface area (Å²) in [5, 5.41) is 0. The molecule has 2 nitrogen and oxygen atoms in total. The molecule has 0 spiro atoms. The maximum Gasteiger partial charge on any atom is 0.177 e. The van der Waals surface area contributed by atoms with E-state index in [-0.39, 0.29) is 11.5 Å². The van der Waals surface area contributed by atoms with Crippen LogP contribution >= 0.6 is 21.6 Å². The van der Waals surface area contributed by atoms with Crippen LogP contribution in [-0.2, 0) is 0 Å². The van der Waals surface area contributed by atoms with Crippen molar-refractivity contribution in [2.45, 2.75) is 9.79 Å². The van der Waals surface area contributed by atoms with Crippen molar-refractivity contribution in [1.82, 2.24) is 0 Å². The quantitative estimate of drug-likeness (QED) is 0.270. The average molecular weight is 439 g/mol. The van der Waals surface area contributed by atoms with Gasteiger partial charge in [-0.25, -0.2) is 8.78 Å². The SMILES string of the molecule is Fc1cccc(SSc2cccc(F)c2Oc2ccccc2)c1Oc1ccccc1. The molecule has 0 fully saturated rings. The van der Waals surface area contributed by atoms with Crippen LogP contribution in [0.1, 0.15) is 0 Å². The Bertz CT molecular complexity index is 1030. The van der Waals surface area contributed by atoms with Crippen LogP contribution in [0, 0.1) is 11.6 Å². The van der Waals surface area contributed by atoms with Crippen LogP contribution in [0.2, 0.25) is 0 Å². The van der Waals surface area contributed by atoms with E-state index in [0.717, 1.165) is 0 Å². The molecule has 0 unspecified atom stereocenters. The number of hydrogen-bond acceptors (Lipinski definition) is 4. The molecular formula is C24H16F2O2S2. The van der Waals surface area contributed by atoms with Crippen molar-refractivity contribution >= 4 is 21.6 Å². The van der Waals surface area contributed by atoms with Crippen molar-refractivity contribution in [3.63, 3.8) is 0 Å². The molecule has 0 aliphatic rings. The zero-order valence-corrected chi connectivity index (χ0v) is 17.3. The Morgan fingerprint density at radius 2 is 0.867 bits per heavy atom. The molecule has 0 amide bonds. The van der Waals surface area contributed by atoms with Crippen LogP contribution in [0.25, 0.3) is 0 Å². The minimum atomic E-state index is -0.468. The van der Waals surface area contributed by atoms with Gasteiger partial charge in [0.25, 0.3) is 0 Å². The van der Waals surface area contributed by atoms with Crippen molar-refractivity contribution in [2.24, 2.45) is 0 Å².